The van der Waals surface area contributed by atoms with Crippen LogP contribution in [0.2, 0.25) is 0 Å². The van der Waals surface area contributed by atoms with E-state index < -0.39 is 0 Å². The summed E-state index contributed by atoms with van der Waals surface area (Å²) in [7, 11) is 0. The zero-order valence-corrected chi connectivity index (χ0v) is 12.2. The average Bonchev–Trinajstić information content (AvgIpc) is 2.39. The molecule has 0 heterocycles. The van der Waals surface area contributed by atoms with Crippen molar-refractivity contribution in [2.75, 3.05) is 26.4 Å². The summed E-state index contributed by atoms with van der Waals surface area (Å²) in [4.78, 5) is 0. The van der Waals surface area contributed by atoms with Crippen molar-refractivity contribution in [1.82, 2.24) is 0 Å². The Morgan fingerprint density at radius 3 is 1.50 bits per heavy atom. The Balaban J connectivity index is 3.15. The van der Waals surface area contributed by atoms with E-state index in [9.17, 15) is 0 Å². The van der Waals surface area contributed by atoms with E-state index in [2.05, 4.69) is 13.8 Å². The van der Waals surface area contributed by atoms with Crippen LogP contribution in [0.25, 0.3) is 0 Å². The van der Waals surface area contributed by atoms with Crippen LogP contribution in [0.4, 0.5) is 0 Å². The molecule has 0 bridgehead atoms. The molecule has 0 aromatic rings. The van der Waals surface area contributed by atoms with Gasteiger partial charge in [-0.1, -0.05) is 63.8 Å². The van der Waals surface area contributed by atoms with E-state index in [-0.39, 0.29) is 0 Å². The van der Waals surface area contributed by atoms with Crippen LogP contribution in [0, 0.1) is 0 Å². The van der Waals surface area contributed by atoms with Crippen molar-refractivity contribution in [2.45, 2.75) is 52.4 Å². The van der Waals surface area contributed by atoms with E-state index in [0.717, 1.165) is 13.2 Å². The summed E-state index contributed by atoms with van der Waals surface area (Å²) >= 11 is 0. The molecule has 0 rings (SSSR count). The molecule has 0 amide bonds. The van der Waals surface area contributed by atoms with Crippen molar-refractivity contribution in [3.05, 3.63) is 24.3 Å². The summed E-state index contributed by atoms with van der Waals surface area (Å²) in [6.07, 6.45) is 15.5. The Labute approximate surface area is 113 Å². The summed E-state index contributed by atoms with van der Waals surface area (Å²) < 4.78 is 10.9. The highest BCUT2D eigenvalue weighted by Crippen LogP contribution is 1.95. The molecule has 0 aliphatic carbocycles. The van der Waals surface area contributed by atoms with Crippen LogP contribution < -0.4 is 0 Å². The van der Waals surface area contributed by atoms with Gasteiger partial charge in [-0.3, -0.25) is 0 Å². The standard InChI is InChI=1S/C16H30O2/c1-3-5-9-13-17-15-11-7-8-12-16-18-14-10-6-4-2/h7-8,11-12H,3-6,9-10,13-16H2,1-2H3. The monoisotopic (exact) mass is 254 g/mol. The first kappa shape index (κ1) is 17.4. The van der Waals surface area contributed by atoms with Crippen LogP contribution >= 0.6 is 0 Å². The maximum atomic E-state index is 5.46. The number of allylic oxidation sites excluding steroid dienone is 2. The highest BCUT2D eigenvalue weighted by molar-refractivity contribution is 5.02. The molecule has 0 saturated heterocycles. The van der Waals surface area contributed by atoms with Crippen molar-refractivity contribution in [2.24, 2.45) is 0 Å². The minimum Gasteiger partial charge on any atom is -0.377 e. The van der Waals surface area contributed by atoms with Gasteiger partial charge in [0.15, 0.2) is 0 Å². The third kappa shape index (κ3) is 15.4. The third-order valence-corrected chi connectivity index (χ3v) is 2.60. The smallest absolute Gasteiger partial charge is 0.0650 e. The Morgan fingerprint density at radius 2 is 1.11 bits per heavy atom. The second kappa shape index (κ2) is 16.4. The maximum absolute atomic E-state index is 5.46. The SMILES string of the molecule is CCCCCOCC=CC=CCOCCCCC. The quantitative estimate of drug-likeness (QED) is 0.355. The topological polar surface area (TPSA) is 18.5 Å². The van der Waals surface area contributed by atoms with Crippen molar-refractivity contribution in [3.8, 4) is 0 Å². The number of hydrogen-bond acceptors (Lipinski definition) is 2. The zero-order valence-electron chi connectivity index (χ0n) is 12.2. The minimum absolute atomic E-state index is 0.714. The van der Waals surface area contributed by atoms with Crippen LogP contribution in [0.1, 0.15) is 52.4 Å². The second-order valence-electron chi connectivity index (χ2n) is 4.42. The van der Waals surface area contributed by atoms with Gasteiger partial charge < -0.3 is 9.47 Å². The van der Waals surface area contributed by atoms with E-state index in [4.69, 9.17) is 9.47 Å². The molecule has 0 aromatic heterocycles. The van der Waals surface area contributed by atoms with Gasteiger partial charge in [-0.25, -0.2) is 0 Å². The third-order valence-electron chi connectivity index (χ3n) is 2.60. The summed E-state index contributed by atoms with van der Waals surface area (Å²) in [6.45, 7) is 7.59. The van der Waals surface area contributed by atoms with Gasteiger partial charge in [-0.15, -0.1) is 0 Å². The van der Waals surface area contributed by atoms with Crippen LogP contribution in [0.15, 0.2) is 24.3 Å². The molecule has 0 saturated carbocycles. The minimum atomic E-state index is 0.714. The molecule has 106 valence electrons. The molecule has 0 radical (unpaired) electrons. The van der Waals surface area contributed by atoms with Gasteiger partial charge in [0.25, 0.3) is 0 Å². The van der Waals surface area contributed by atoms with Crippen LogP contribution in [-0.4, -0.2) is 26.4 Å². The maximum Gasteiger partial charge on any atom is 0.0650 e. The molecule has 0 spiro atoms. The van der Waals surface area contributed by atoms with Crippen LogP contribution in [0.3, 0.4) is 0 Å². The van der Waals surface area contributed by atoms with E-state index in [1.54, 1.807) is 0 Å². The van der Waals surface area contributed by atoms with Gasteiger partial charge in [-0.2, -0.15) is 0 Å². The van der Waals surface area contributed by atoms with Gasteiger partial charge >= 0.3 is 0 Å². The normalized spacial score (nSPS) is 11.9. The molecule has 0 aliphatic rings. The highest BCUT2D eigenvalue weighted by atomic mass is 16.5. The van der Waals surface area contributed by atoms with E-state index in [1.807, 2.05) is 24.3 Å². The lowest BCUT2D eigenvalue weighted by atomic mass is 10.3. The fourth-order valence-corrected chi connectivity index (χ4v) is 1.48. The molecule has 0 N–H and O–H groups in total. The molecular formula is C16H30O2. The van der Waals surface area contributed by atoms with Gasteiger partial charge in [0.1, 0.15) is 0 Å². The number of ether oxygens (including phenoxy) is 2. The first-order valence-corrected chi connectivity index (χ1v) is 7.39. The Bertz CT molecular complexity index is 175. The largest absolute Gasteiger partial charge is 0.377 e. The highest BCUT2D eigenvalue weighted by Gasteiger charge is 1.85. The molecule has 2 heteroatoms. The predicted octanol–water partition coefficient (Wildman–Crippen LogP) is 4.51. The van der Waals surface area contributed by atoms with Crippen LogP contribution in [0.5, 0.6) is 0 Å². The molecular weight excluding hydrogens is 224 g/mol. The van der Waals surface area contributed by atoms with E-state index in [0.29, 0.717) is 13.2 Å². The first-order valence-electron chi connectivity index (χ1n) is 7.39. The number of rotatable bonds is 13. The summed E-state index contributed by atoms with van der Waals surface area (Å²) in [5.41, 5.74) is 0. The van der Waals surface area contributed by atoms with Gasteiger partial charge in [0, 0.05) is 13.2 Å². The molecule has 18 heavy (non-hydrogen) atoms. The molecule has 2 nitrogen and oxygen atoms in total. The molecule has 0 atom stereocenters. The Kier molecular flexibility index (Phi) is 15.9. The van der Waals surface area contributed by atoms with Crippen molar-refractivity contribution < 1.29 is 9.47 Å². The Morgan fingerprint density at radius 1 is 0.667 bits per heavy atom. The lowest BCUT2D eigenvalue weighted by Crippen LogP contribution is -1.94. The van der Waals surface area contributed by atoms with Crippen molar-refractivity contribution >= 4 is 0 Å². The number of unbranched alkanes of at least 4 members (excludes halogenated alkanes) is 4. The van der Waals surface area contributed by atoms with Crippen LogP contribution in [-0.2, 0) is 9.47 Å². The molecule has 0 aromatic carbocycles. The van der Waals surface area contributed by atoms with Crippen molar-refractivity contribution in [3.63, 3.8) is 0 Å². The zero-order chi connectivity index (χ0) is 13.3. The predicted molar refractivity (Wildman–Crippen MR) is 79.0 cm³/mol. The fourth-order valence-electron chi connectivity index (χ4n) is 1.48. The van der Waals surface area contributed by atoms with Gasteiger partial charge in [0.2, 0.25) is 0 Å². The lowest BCUT2D eigenvalue weighted by molar-refractivity contribution is 0.157. The Hall–Kier alpha value is -0.600. The average molecular weight is 254 g/mol. The van der Waals surface area contributed by atoms with Gasteiger partial charge in [0.05, 0.1) is 13.2 Å². The molecule has 0 unspecified atom stereocenters. The summed E-state index contributed by atoms with van der Waals surface area (Å²) in [5, 5.41) is 0. The number of hydrogen-bond donors (Lipinski definition) is 0. The summed E-state index contributed by atoms with van der Waals surface area (Å²) in [6, 6.07) is 0. The summed E-state index contributed by atoms with van der Waals surface area (Å²) in [5.74, 6) is 0. The van der Waals surface area contributed by atoms with E-state index >= 15 is 0 Å². The van der Waals surface area contributed by atoms with Crippen molar-refractivity contribution in [1.29, 1.82) is 0 Å². The fraction of sp³-hybridized carbons (Fsp3) is 0.750. The van der Waals surface area contributed by atoms with E-state index in [1.165, 1.54) is 38.5 Å². The lowest BCUT2D eigenvalue weighted by Gasteiger charge is -1.99. The van der Waals surface area contributed by atoms with Gasteiger partial charge in [-0.05, 0) is 12.8 Å². The second-order valence-corrected chi connectivity index (χ2v) is 4.42. The molecule has 0 aliphatic heterocycles. The molecule has 0 fully saturated rings. The first-order chi connectivity index (χ1) is 8.91.